The Morgan fingerprint density at radius 2 is 1.19 bits per heavy atom. The average molecular weight is 432 g/mol. The molecule has 0 aliphatic carbocycles. The second-order valence-corrected chi connectivity index (χ2v) is 6.14. The van der Waals surface area contributed by atoms with Crippen LogP contribution in [0.25, 0.3) is 0 Å². The summed E-state index contributed by atoms with van der Waals surface area (Å²) in [5.74, 6) is -2.45. The topological polar surface area (TPSA) is 78.9 Å². The quantitative estimate of drug-likeness (QED) is 0.254. The first-order valence-corrected chi connectivity index (χ1v) is 8.44. The number of hydrogen-bond donors (Lipinski definition) is 0. The number of alkyl halides is 2. The van der Waals surface area contributed by atoms with Crippen LogP contribution in [0.15, 0.2) is 0 Å². The summed E-state index contributed by atoms with van der Waals surface area (Å²) < 4.78 is 13.2. The largest absolute Gasteiger partial charge is 0.465 e. The second kappa shape index (κ2) is 8.73. The van der Waals surface area contributed by atoms with Gasteiger partial charge in [-0.1, -0.05) is 31.9 Å². The van der Waals surface area contributed by atoms with E-state index in [-0.39, 0.29) is 25.2 Å². The van der Waals surface area contributed by atoms with Gasteiger partial charge in [0, 0.05) is 5.33 Å². The number of hydrogen-bond acceptors (Lipinski definition) is 6. The summed E-state index contributed by atoms with van der Waals surface area (Å²) >= 11 is 6.35. The highest BCUT2D eigenvalue weighted by Crippen LogP contribution is 2.43. The van der Waals surface area contributed by atoms with Gasteiger partial charge in [-0.05, 0) is 27.7 Å². The van der Waals surface area contributed by atoms with Crippen LogP contribution < -0.4 is 0 Å². The zero-order valence-electron chi connectivity index (χ0n) is 12.5. The molecule has 0 rings (SSSR count). The number of carbonyl (C=O) groups excluding carboxylic acids is 3. The van der Waals surface area contributed by atoms with Gasteiger partial charge in [0.05, 0.1) is 19.8 Å². The maximum Gasteiger partial charge on any atom is 0.325 e. The fourth-order valence-electron chi connectivity index (χ4n) is 1.60. The molecule has 0 radical (unpaired) electrons. The van der Waals surface area contributed by atoms with Crippen molar-refractivity contribution in [2.45, 2.75) is 32.0 Å². The van der Waals surface area contributed by atoms with Crippen LogP contribution in [-0.2, 0) is 28.6 Å². The average Bonchev–Trinajstić information content (AvgIpc) is 2.45. The number of rotatable bonds is 8. The SMILES string of the molecule is CCOC(=O)C(C)(C(=O)OCC)[C@@](Br)(CBr)C(=O)OCC. The van der Waals surface area contributed by atoms with Crippen LogP contribution >= 0.6 is 31.9 Å². The van der Waals surface area contributed by atoms with E-state index in [0.29, 0.717) is 0 Å². The Balaban J connectivity index is 5.89. The molecule has 0 N–H and O–H groups in total. The van der Waals surface area contributed by atoms with E-state index < -0.39 is 27.6 Å². The van der Waals surface area contributed by atoms with E-state index in [1.54, 1.807) is 20.8 Å². The predicted molar refractivity (Wildman–Crippen MR) is 83.5 cm³/mol. The fraction of sp³-hybridized carbons (Fsp3) is 0.769. The summed E-state index contributed by atoms with van der Waals surface area (Å²) in [6.45, 7) is 6.41. The third kappa shape index (κ3) is 3.97. The van der Waals surface area contributed by atoms with E-state index in [4.69, 9.17) is 14.2 Å². The Labute approximate surface area is 141 Å². The molecule has 0 saturated carbocycles. The maximum atomic E-state index is 12.3. The molecule has 0 fully saturated rings. The van der Waals surface area contributed by atoms with Crippen molar-refractivity contribution in [1.29, 1.82) is 0 Å². The number of esters is 3. The lowest BCUT2D eigenvalue weighted by molar-refractivity contribution is -0.178. The van der Waals surface area contributed by atoms with Crippen LogP contribution in [0, 0.1) is 5.41 Å². The van der Waals surface area contributed by atoms with E-state index in [9.17, 15) is 14.4 Å². The summed E-state index contributed by atoms with van der Waals surface area (Å²) in [5.41, 5.74) is -1.88. The van der Waals surface area contributed by atoms with Crippen molar-refractivity contribution in [3.05, 3.63) is 0 Å². The molecule has 8 heteroatoms. The Bertz CT molecular complexity index is 380. The lowest BCUT2D eigenvalue weighted by atomic mass is 9.77. The Morgan fingerprint density at radius 3 is 1.48 bits per heavy atom. The highest BCUT2D eigenvalue weighted by molar-refractivity contribution is 9.12. The highest BCUT2D eigenvalue weighted by Gasteiger charge is 2.64. The van der Waals surface area contributed by atoms with Gasteiger partial charge < -0.3 is 14.2 Å². The van der Waals surface area contributed by atoms with E-state index >= 15 is 0 Å². The minimum Gasteiger partial charge on any atom is -0.465 e. The molecule has 1 atom stereocenters. The van der Waals surface area contributed by atoms with Crippen molar-refractivity contribution in [2.75, 3.05) is 25.2 Å². The third-order valence-electron chi connectivity index (χ3n) is 2.94. The highest BCUT2D eigenvalue weighted by atomic mass is 79.9. The Morgan fingerprint density at radius 1 is 0.857 bits per heavy atom. The normalized spacial score (nSPS) is 14.0. The lowest BCUT2D eigenvalue weighted by Crippen LogP contribution is -2.59. The molecule has 21 heavy (non-hydrogen) atoms. The van der Waals surface area contributed by atoms with E-state index in [1.807, 2.05) is 0 Å². The van der Waals surface area contributed by atoms with E-state index in [2.05, 4.69) is 31.9 Å². The molecule has 0 aromatic heterocycles. The maximum absolute atomic E-state index is 12.3. The third-order valence-corrected chi connectivity index (χ3v) is 5.93. The molecule has 0 aliphatic rings. The van der Waals surface area contributed by atoms with Crippen molar-refractivity contribution in [1.82, 2.24) is 0 Å². The molecule has 122 valence electrons. The van der Waals surface area contributed by atoms with Gasteiger partial charge in [-0.25, -0.2) is 0 Å². The van der Waals surface area contributed by atoms with Crippen LogP contribution in [0.3, 0.4) is 0 Å². The smallest absolute Gasteiger partial charge is 0.325 e. The summed E-state index contributed by atoms with van der Waals surface area (Å²) in [5, 5.41) is -0.0348. The number of ether oxygens (including phenoxy) is 3. The van der Waals surface area contributed by atoms with Gasteiger partial charge in [0.1, 0.15) is 0 Å². The van der Waals surface area contributed by atoms with Gasteiger partial charge in [0.2, 0.25) is 0 Å². The molecule has 0 aromatic rings. The molecule has 0 aliphatic heterocycles. The van der Waals surface area contributed by atoms with Gasteiger partial charge in [0.15, 0.2) is 9.74 Å². The molecule has 6 nitrogen and oxygen atoms in total. The molecule has 0 spiro atoms. The first-order chi connectivity index (χ1) is 9.75. The predicted octanol–water partition coefficient (Wildman–Crippen LogP) is 2.21. The van der Waals surface area contributed by atoms with Crippen LogP contribution in [0.2, 0.25) is 0 Å². The first kappa shape index (κ1) is 20.4. The van der Waals surface area contributed by atoms with Crippen molar-refractivity contribution < 1.29 is 28.6 Å². The summed E-state index contributed by atoms with van der Waals surface area (Å²) in [4.78, 5) is 36.9. The second-order valence-electron chi connectivity index (χ2n) is 4.22. The van der Waals surface area contributed by atoms with Crippen LogP contribution in [0.4, 0.5) is 0 Å². The zero-order chi connectivity index (χ0) is 16.7. The zero-order valence-corrected chi connectivity index (χ0v) is 15.7. The van der Waals surface area contributed by atoms with E-state index in [1.165, 1.54) is 6.92 Å². The van der Waals surface area contributed by atoms with E-state index in [0.717, 1.165) is 0 Å². The number of halogens is 2. The van der Waals surface area contributed by atoms with Gasteiger partial charge in [-0.15, -0.1) is 0 Å². The molecule has 0 amide bonds. The van der Waals surface area contributed by atoms with Crippen LogP contribution in [0.1, 0.15) is 27.7 Å². The molecule has 0 heterocycles. The van der Waals surface area contributed by atoms with Gasteiger partial charge in [-0.3, -0.25) is 14.4 Å². The minimum absolute atomic E-state index is 0.0348. The van der Waals surface area contributed by atoms with Crippen molar-refractivity contribution in [3.63, 3.8) is 0 Å². The molecule has 0 unspecified atom stereocenters. The van der Waals surface area contributed by atoms with Gasteiger partial charge >= 0.3 is 17.9 Å². The van der Waals surface area contributed by atoms with Crippen molar-refractivity contribution >= 4 is 49.8 Å². The lowest BCUT2D eigenvalue weighted by Gasteiger charge is -2.37. The molecule has 0 saturated heterocycles. The summed E-state index contributed by atoms with van der Waals surface area (Å²) in [6, 6.07) is 0. The van der Waals surface area contributed by atoms with Gasteiger partial charge in [-0.2, -0.15) is 0 Å². The van der Waals surface area contributed by atoms with Crippen molar-refractivity contribution in [2.24, 2.45) is 5.41 Å². The van der Waals surface area contributed by atoms with Crippen molar-refractivity contribution in [3.8, 4) is 0 Å². The molecule has 0 aromatic carbocycles. The Hall–Kier alpha value is -0.630. The Kier molecular flexibility index (Phi) is 8.46. The summed E-state index contributed by atoms with van der Waals surface area (Å²) in [7, 11) is 0. The van der Waals surface area contributed by atoms with Gasteiger partial charge in [0.25, 0.3) is 0 Å². The van der Waals surface area contributed by atoms with Crippen LogP contribution in [-0.4, -0.2) is 47.4 Å². The molecule has 0 bridgehead atoms. The molecular formula is C13H20Br2O6. The first-order valence-electron chi connectivity index (χ1n) is 6.52. The minimum atomic E-state index is -1.88. The number of carbonyl (C=O) groups is 3. The summed E-state index contributed by atoms with van der Waals surface area (Å²) in [6.07, 6.45) is 0. The fourth-order valence-corrected chi connectivity index (χ4v) is 2.82. The standard InChI is InChI=1S/C13H20Br2O6/c1-5-19-9(16)12(4,10(17)20-6-2)13(15,8-14)11(18)21-7-3/h5-8H2,1-4H3/t13-/m1/s1. The molecular weight excluding hydrogens is 412 g/mol. The monoisotopic (exact) mass is 430 g/mol. The van der Waals surface area contributed by atoms with Crippen LogP contribution in [0.5, 0.6) is 0 Å².